The van der Waals surface area contributed by atoms with Gasteiger partial charge >= 0.3 is 0 Å². The van der Waals surface area contributed by atoms with Crippen molar-refractivity contribution in [3.63, 3.8) is 0 Å². The lowest BCUT2D eigenvalue weighted by Gasteiger charge is -2.17. The van der Waals surface area contributed by atoms with Crippen LogP contribution >= 0.6 is 0 Å². The molecule has 162 valence electrons. The molecule has 2 N–H and O–H groups in total. The van der Waals surface area contributed by atoms with Crippen molar-refractivity contribution in [2.45, 2.75) is 25.7 Å². The Hall–Kier alpha value is -1.63. The van der Waals surface area contributed by atoms with E-state index in [1.807, 2.05) is 7.05 Å². The Labute approximate surface area is 176 Å². The zero-order chi connectivity index (χ0) is 20.2. The van der Waals surface area contributed by atoms with E-state index >= 15 is 0 Å². The minimum atomic E-state index is 0.594. The molecule has 2 heterocycles. The predicted molar refractivity (Wildman–Crippen MR) is 118 cm³/mol. The number of ether oxygens (including phenoxy) is 2. The van der Waals surface area contributed by atoms with E-state index in [0.717, 1.165) is 71.3 Å². The second kappa shape index (κ2) is 12.8. The zero-order valence-electron chi connectivity index (χ0n) is 17.9. The van der Waals surface area contributed by atoms with E-state index in [4.69, 9.17) is 9.47 Å². The minimum absolute atomic E-state index is 0.594. The van der Waals surface area contributed by atoms with Crippen molar-refractivity contribution >= 4 is 5.96 Å². The molecule has 3 rings (SSSR count). The van der Waals surface area contributed by atoms with Crippen molar-refractivity contribution in [2.24, 2.45) is 16.8 Å². The average Bonchev–Trinajstić information content (AvgIpc) is 3.44. The molecule has 29 heavy (non-hydrogen) atoms. The highest BCUT2D eigenvalue weighted by Crippen LogP contribution is 2.16. The lowest BCUT2D eigenvalue weighted by Crippen LogP contribution is -2.40. The fraction of sp³-hybridized carbons (Fsp3) is 0.696. The van der Waals surface area contributed by atoms with Gasteiger partial charge in [0.1, 0.15) is 0 Å². The van der Waals surface area contributed by atoms with Gasteiger partial charge in [-0.25, -0.2) is 0 Å². The van der Waals surface area contributed by atoms with Gasteiger partial charge in [-0.05, 0) is 43.7 Å². The number of benzene rings is 1. The van der Waals surface area contributed by atoms with E-state index in [9.17, 15) is 0 Å². The summed E-state index contributed by atoms with van der Waals surface area (Å²) in [5.41, 5.74) is 1.43. The molecule has 1 aromatic rings. The van der Waals surface area contributed by atoms with Crippen molar-refractivity contribution in [1.82, 2.24) is 15.5 Å². The molecule has 2 aliphatic rings. The van der Waals surface area contributed by atoms with Crippen molar-refractivity contribution in [3.05, 3.63) is 35.9 Å². The summed E-state index contributed by atoms with van der Waals surface area (Å²) >= 11 is 0. The maximum absolute atomic E-state index is 5.76. The van der Waals surface area contributed by atoms with Crippen LogP contribution in [-0.4, -0.2) is 77.1 Å². The summed E-state index contributed by atoms with van der Waals surface area (Å²) in [4.78, 5) is 6.93. The van der Waals surface area contributed by atoms with Gasteiger partial charge in [0.2, 0.25) is 0 Å². The van der Waals surface area contributed by atoms with E-state index < -0.39 is 0 Å². The van der Waals surface area contributed by atoms with Crippen LogP contribution in [0.5, 0.6) is 0 Å². The quantitative estimate of drug-likeness (QED) is 0.337. The number of aliphatic imine (C=N–C) groups is 1. The maximum Gasteiger partial charge on any atom is 0.190 e. The summed E-state index contributed by atoms with van der Waals surface area (Å²) in [5.74, 6) is 2.19. The summed E-state index contributed by atoms with van der Waals surface area (Å²) in [6.07, 6.45) is 4.53. The van der Waals surface area contributed by atoms with Crippen molar-refractivity contribution < 1.29 is 9.47 Å². The van der Waals surface area contributed by atoms with Crippen LogP contribution in [0.25, 0.3) is 0 Å². The molecule has 2 saturated heterocycles. The second-order valence-corrected chi connectivity index (χ2v) is 8.23. The standard InChI is InChI=1S/C23H38N4O2/c1-24-23(25-11-5-14-28-18-22-10-15-29-19-22)26-16-21-9-13-27(17-21)12-8-20-6-3-2-4-7-20/h2-4,6-7,21-22H,5,8-19H2,1H3,(H2,24,25,26). The van der Waals surface area contributed by atoms with Crippen molar-refractivity contribution in [1.29, 1.82) is 0 Å². The molecule has 0 radical (unpaired) electrons. The van der Waals surface area contributed by atoms with Gasteiger partial charge in [-0.1, -0.05) is 30.3 Å². The van der Waals surface area contributed by atoms with Gasteiger partial charge in [-0.3, -0.25) is 4.99 Å². The number of hydrogen-bond donors (Lipinski definition) is 2. The molecule has 0 spiro atoms. The number of rotatable bonds is 11. The largest absolute Gasteiger partial charge is 0.381 e. The van der Waals surface area contributed by atoms with Gasteiger partial charge in [-0.15, -0.1) is 0 Å². The van der Waals surface area contributed by atoms with Crippen LogP contribution in [0.15, 0.2) is 35.3 Å². The number of nitrogens with one attached hydrogen (secondary N) is 2. The number of likely N-dealkylation sites (tertiary alicyclic amines) is 1. The summed E-state index contributed by atoms with van der Waals surface area (Å²) in [7, 11) is 1.84. The van der Waals surface area contributed by atoms with Gasteiger partial charge in [0, 0.05) is 52.4 Å². The molecular weight excluding hydrogens is 364 g/mol. The molecule has 1 aromatic carbocycles. The van der Waals surface area contributed by atoms with Crippen LogP contribution in [-0.2, 0) is 15.9 Å². The lowest BCUT2D eigenvalue weighted by molar-refractivity contribution is 0.0888. The molecule has 2 atom stereocenters. The number of guanidine groups is 1. The first-order valence-electron chi connectivity index (χ1n) is 11.2. The fourth-order valence-electron chi connectivity index (χ4n) is 4.02. The first kappa shape index (κ1) is 22.1. The molecular formula is C23H38N4O2. The minimum Gasteiger partial charge on any atom is -0.381 e. The normalized spacial score (nSPS) is 22.9. The van der Waals surface area contributed by atoms with Gasteiger partial charge in [0.25, 0.3) is 0 Å². The van der Waals surface area contributed by atoms with Gasteiger partial charge in [0.05, 0.1) is 13.2 Å². The fourth-order valence-corrected chi connectivity index (χ4v) is 4.02. The maximum atomic E-state index is 5.76. The van der Waals surface area contributed by atoms with Crippen molar-refractivity contribution in [2.75, 3.05) is 66.2 Å². The topological polar surface area (TPSA) is 58.1 Å². The van der Waals surface area contributed by atoms with Gasteiger partial charge < -0.3 is 25.0 Å². The molecule has 2 fully saturated rings. The highest BCUT2D eigenvalue weighted by molar-refractivity contribution is 5.79. The summed E-state index contributed by atoms with van der Waals surface area (Å²) in [5, 5.41) is 6.90. The van der Waals surface area contributed by atoms with Crippen LogP contribution in [0.3, 0.4) is 0 Å². The molecule has 0 amide bonds. The SMILES string of the molecule is CN=C(NCCCOCC1CCOC1)NCC1CCN(CCc2ccccc2)C1. The first-order valence-corrected chi connectivity index (χ1v) is 11.2. The summed E-state index contributed by atoms with van der Waals surface area (Å²) < 4.78 is 11.1. The van der Waals surface area contributed by atoms with E-state index in [1.165, 1.54) is 25.1 Å². The Morgan fingerprint density at radius 2 is 2.10 bits per heavy atom. The molecule has 6 heteroatoms. The monoisotopic (exact) mass is 402 g/mol. The molecule has 0 bridgehead atoms. The van der Waals surface area contributed by atoms with Gasteiger partial charge in [-0.2, -0.15) is 0 Å². The Morgan fingerprint density at radius 1 is 1.21 bits per heavy atom. The van der Waals surface area contributed by atoms with Crippen molar-refractivity contribution in [3.8, 4) is 0 Å². The lowest BCUT2D eigenvalue weighted by atomic mass is 10.1. The molecule has 0 saturated carbocycles. The zero-order valence-corrected chi connectivity index (χ0v) is 17.9. The Kier molecular flexibility index (Phi) is 9.76. The van der Waals surface area contributed by atoms with Crippen LogP contribution in [0.1, 0.15) is 24.8 Å². The summed E-state index contributed by atoms with van der Waals surface area (Å²) in [6.45, 7) is 8.77. The third-order valence-electron chi connectivity index (χ3n) is 5.85. The highest BCUT2D eigenvalue weighted by atomic mass is 16.5. The molecule has 0 aromatic heterocycles. The van der Waals surface area contributed by atoms with E-state index in [2.05, 4.69) is 50.9 Å². The molecule has 2 unspecified atom stereocenters. The smallest absolute Gasteiger partial charge is 0.190 e. The summed E-state index contributed by atoms with van der Waals surface area (Å²) in [6, 6.07) is 10.8. The van der Waals surface area contributed by atoms with Crippen LogP contribution < -0.4 is 10.6 Å². The van der Waals surface area contributed by atoms with E-state index in [0.29, 0.717) is 11.8 Å². The first-order chi connectivity index (χ1) is 14.3. The molecule has 6 nitrogen and oxygen atoms in total. The van der Waals surface area contributed by atoms with E-state index in [1.54, 1.807) is 0 Å². The predicted octanol–water partition coefficient (Wildman–Crippen LogP) is 2.16. The third-order valence-corrected chi connectivity index (χ3v) is 5.85. The number of hydrogen-bond acceptors (Lipinski definition) is 4. The van der Waals surface area contributed by atoms with Crippen LogP contribution in [0, 0.1) is 11.8 Å². The number of nitrogens with zero attached hydrogens (tertiary/aromatic N) is 2. The van der Waals surface area contributed by atoms with E-state index in [-0.39, 0.29) is 0 Å². The third kappa shape index (κ3) is 8.33. The molecule has 2 aliphatic heterocycles. The van der Waals surface area contributed by atoms with Crippen LogP contribution in [0.4, 0.5) is 0 Å². The van der Waals surface area contributed by atoms with Crippen LogP contribution in [0.2, 0.25) is 0 Å². The Balaban J connectivity index is 1.21. The second-order valence-electron chi connectivity index (χ2n) is 8.23. The Morgan fingerprint density at radius 3 is 2.90 bits per heavy atom. The molecule has 0 aliphatic carbocycles. The average molecular weight is 403 g/mol. The highest BCUT2D eigenvalue weighted by Gasteiger charge is 2.22. The van der Waals surface area contributed by atoms with Gasteiger partial charge in [0.15, 0.2) is 5.96 Å². The Bertz CT molecular complexity index is 590.